The van der Waals surface area contributed by atoms with E-state index < -0.39 is 10.8 Å². The van der Waals surface area contributed by atoms with Crippen LogP contribution in [-0.4, -0.2) is 31.7 Å². The number of carbonyl (C=O) groups is 2. The second-order valence-corrected chi connectivity index (χ2v) is 11.1. The molecule has 1 rings (SSSR count). The number of amidine groups is 1. The Morgan fingerprint density at radius 1 is 1.22 bits per heavy atom. The van der Waals surface area contributed by atoms with Crippen LogP contribution in [0.15, 0.2) is 63.0 Å². The summed E-state index contributed by atoms with van der Waals surface area (Å²) in [5, 5.41) is 14.4. The Balaban J connectivity index is 3.31. The van der Waals surface area contributed by atoms with Gasteiger partial charge in [0.2, 0.25) is 0 Å². The zero-order valence-corrected chi connectivity index (χ0v) is 24.0. The molecule has 0 radical (unpaired) electrons. The number of allylic oxidation sites excluding steroid dienone is 4. The van der Waals surface area contributed by atoms with Gasteiger partial charge < -0.3 is 14.9 Å². The van der Waals surface area contributed by atoms with Crippen LogP contribution in [0.3, 0.4) is 0 Å². The van der Waals surface area contributed by atoms with Crippen LogP contribution in [0.25, 0.3) is 5.57 Å². The molecule has 0 aromatic heterocycles. The fourth-order valence-corrected chi connectivity index (χ4v) is 4.96. The van der Waals surface area contributed by atoms with Gasteiger partial charge in [0.15, 0.2) is 0 Å². The van der Waals surface area contributed by atoms with Crippen LogP contribution in [0.2, 0.25) is 5.02 Å². The van der Waals surface area contributed by atoms with E-state index in [4.69, 9.17) is 17.0 Å². The first-order chi connectivity index (χ1) is 16.8. The van der Waals surface area contributed by atoms with Gasteiger partial charge in [0.25, 0.3) is 0 Å². The van der Waals surface area contributed by atoms with Gasteiger partial charge >= 0.3 is 0 Å². The molecule has 0 aliphatic heterocycles. The number of benzene rings is 1. The maximum atomic E-state index is 12.5. The van der Waals surface area contributed by atoms with Crippen molar-refractivity contribution >= 4 is 54.1 Å². The minimum atomic E-state index is -1.19. The van der Waals surface area contributed by atoms with E-state index in [9.17, 15) is 9.59 Å². The topological polar surface area (TPSA) is 82.4 Å². The van der Waals surface area contributed by atoms with Crippen molar-refractivity contribution in [2.45, 2.75) is 54.9 Å². The maximum Gasteiger partial charge on any atom is 0.150 e. The molecule has 1 aromatic carbocycles. The average molecular weight is 528 g/mol. The van der Waals surface area contributed by atoms with Gasteiger partial charge in [-0.25, -0.2) is 4.99 Å². The first-order valence-electron chi connectivity index (χ1n) is 11.6. The highest BCUT2D eigenvalue weighted by Crippen LogP contribution is 2.42. The summed E-state index contributed by atoms with van der Waals surface area (Å²) >= 11 is 7.44. The standard InChI is InChI=1S/C29H38ClN3O2S/c1-10-23(25-12-11-24(30)13-20(25)3)15-33-21(4)26(27(31)32-9)29(8,18-35)22(5)36-16-19(2)14-28(6,7)17-34/h10-13,16-18,31,33H,5,9,14-15H2,1-4,6-8H3/b19-16+,23-10-,26-21?,31-27?/t29-/m0/s1. The molecular weight excluding hydrogens is 490 g/mol. The lowest BCUT2D eigenvalue weighted by Crippen LogP contribution is -2.31. The Bertz CT molecular complexity index is 1130. The minimum absolute atomic E-state index is 0.0937. The Labute approximate surface area is 225 Å². The Hall–Kier alpha value is -2.70. The van der Waals surface area contributed by atoms with Gasteiger partial charge in [-0.15, -0.1) is 11.8 Å². The lowest BCUT2D eigenvalue weighted by atomic mass is 9.81. The van der Waals surface area contributed by atoms with E-state index in [1.54, 1.807) is 6.92 Å². The number of nitrogens with zero attached hydrogens (tertiary/aromatic N) is 1. The summed E-state index contributed by atoms with van der Waals surface area (Å²) in [5.74, 6) is -0.0937. The first kappa shape index (κ1) is 31.3. The number of hydrogen-bond donors (Lipinski definition) is 2. The van der Waals surface area contributed by atoms with Gasteiger partial charge in [-0.3, -0.25) is 5.41 Å². The molecule has 0 amide bonds. The zero-order chi connectivity index (χ0) is 27.7. The van der Waals surface area contributed by atoms with Crippen LogP contribution in [0.5, 0.6) is 0 Å². The van der Waals surface area contributed by atoms with E-state index in [1.165, 1.54) is 11.8 Å². The molecule has 0 aliphatic rings. The number of nitrogens with one attached hydrogen (secondary N) is 2. The summed E-state index contributed by atoms with van der Waals surface area (Å²) in [4.78, 5) is 28.1. The van der Waals surface area contributed by atoms with E-state index in [1.807, 2.05) is 71.2 Å². The largest absolute Gasteiger partial charge is 0.384 e. The lowest BCUT2D eigenvalue weighted by Gasteiger charge is -2.30. The van der Waals surface area contributed by atoms with E-state index in [-0.39, 0.29) is 5.84 Å². The average Bonchev–Trinajstić information content (AvgIpc) is 2.83. The minimum Gasteiger partial charge on any atom is -0.384 e. The van der Waals surface area contributed by atoms with E-state index in [0.29, 0.717) is 34.2 Å². The molecule has 36 heavy (non-hydrogen) atoms. The predicted octanol–water partition coefficient (Wildman–Crippen LogP) is 7.56. The van der Waals surface area contributed by atoms with Crippen molar-refractivity contribution in [3.05, 3.63) is 74.2 Å². The van der Waals surface area contributed by atoms with Crippen molar-refractivity contribution < 1.29 is 9.59 Å². The summed E-state index contributed by atoms with van der Waals surface area (Å²) in [7, 11) is 0. The Morgan fingerprint density at radius 3 is 2.36 bits per heavy atom. The monoisotopic (exact) mass is 527 g/mol. The van der Waals surface area contributed by atoms with Gasteiger partial charge in [-0.05, 0) is 86.9 Å². The molecular formula is C29H38ClN3O2S. The fraction of sp³-hybridized carbons (Fsp3) is 0.379. The van der Waals surface area contributed by atoms with E-state index in [2.05, 4.69) is 23.6 Å². The third-order valence-corrected chi connectivity index (χ3v) is 7.45. The highest BCUT2D eigenvalue weighted by atomic mass is 35.5. The smallest absolute Gasteiger partial charge is 0.150 e. The van der Waals surface area contributed by atoms with Crippen LogP contribution < -0.4 is 5.32 Å². The number of carbonyl (C=O) groups excluding carboxylic acids is 2. The molecule has 0 saturated carbocycles. The van der Waals surface area contributed by atoms with E-state index >= 15 is 0 Å². The third-order valence-electron chi connectivity index (χ3n) is 5.99. The molecule has 0 unspecified atom stereocenters. The molecule has 0 saturated heterocycles. The Morgan fingerprint density at radius 2 is 1.86 bits per heavy atom. The number of aldehydes is 2. The van der Waals surface area contributed by atoms with Gasteiger partial charge in [0.05, 0.1) is 5.41 Å². The van der Waals surface area contributed by atoms with Crippen molar-refractivity contribution in [1.29, 1.82) is 5.41 Å². The predicted molar refractivity (Wildman–Crippen MR) is 157 cm³/mol. The quantitative estimate of drug-likeness (QED) is 0.157. The molecule has 7 heteroatoms. The number of aryl methyl sites for hydroxylation is 1. The van der Waals surface area contributed by atoms with Crippen LogP contribution in [0.4, 0.5) is 0 Å². The Kier molecular flexibility index (Phi) is 11.8. The summed E-state index contributed by atoms with van der Waals surface area (Å²) in [6.07, 6.45) is 4.35. The zero-order valence-electron chi connectivity index (χ0n) is 22.4. The van der Waals surface area contributed by atoms with Gasteiger partial charge in [-0.2, -0.15) is 0 Å². The summed E-state index contributed by atoms with van der Waals surface area (Å²) in [6.45, 7) is 21.4. The SMILES string of the molecule is C=NC(=N)C(=C(C)NC/C(=C/C)c1ccc(Cl)cc1C)[C@@](C)(C=O)C(=C)S/C=C(\C)CC(C)(C)C=O. The highest BCUT2D eigenvalue weighted by molar-refractivity contribution is 8.05. The maximum absolute atomic E-state index is 12.5. The van der Waals surface area contributed by atoms with Crippen LogP contribution >= 0.6 is 23.4 Å². The molecule has 1 aromatic rings. The van der Waals surface area contributed by atoms with Crippen molar-refractivity contribution in [3.8, 4) is 0 Å². The van der Waals surface area contributed by atoms with Crippen LogP contribution in [0.1, 0.15) is 59.1 Å². The van der Waals surface area contributed by atoms with E-state index in [0.717, 1.165) is 34.8 Å². The number of hydrogen-bond acceptors (Lipinski definition) is 5. The first-order valence-corrected chi connectivity index (χ1v) is 12.9. The number of thioether (sulfide) groups is 1. The summed E-state index contributed by atoms with van der Waals surface area (Å²) < 4.78 is 0. The second kappa shape index (κ2) is 13.6. The molecule has 0 bridgehead atoms. The van der Waals surface area contributed by atoms with Crippen LogP contribution in [-0.2, 0) is 9.59 Å². The number of aliphatic imine (C=N–C) groups is 1. The second-order valence-electron chi connectivity index (χ2n) is 9.74. The van der Waals surface area contributed by atoms with Gasteiger partial charge in [0, 0.05) is 28.3 Å². The molecule has 1 atom stereocenters. The van der Waals surface area contributed by atoms with Crippen LogP contribution in [0, 0.1) is 23.2 Å². The van der Waals surface area contributed by atoms with Crippen molar-refractivity contribution in [2.24, 2.45) is 15.8 Å². The lowest BCUT2D eigenvalue weighted by molar-refractivity contribution is -0.114. The molecule has 5 nitrogen and oxygen atoms in total. The van der Waals surface area contributed by atoms with Crippen molar-refractivity contribution in [2.75, 3.05) is 6.54 Å². The van der Waals surface area contributed by atoms with Gasteiger partial charge in [-0.1, -0.05) is 49.7 Å². The normalized spacial score (nSPS) is 14.9. The summed E-state index contributed by atoms with van der Waals surface area (Å²) in [6, 6.07) is 5.76. The third kappa shape index (κ3) is 8.17. The van der Waals surface area contributed by atoms with Gasteiger partial charge in [0.1, 0.15) is 18.4 Å². The molecule has 2 N–H and O–H groups in total. The summed E-state index contributed by atoms with van der Waals surface area (Å²) in [5.41, 5.74) is 3.57. The number of halogens is 1. The molecule has 0 spiro atoms. The molecule has 0 heterocycles. The molecule has 0 aliphatic carbocycles. The van der Waals surface area contributed by atoms with Crippen molar-refractivity contribution in [1.82, 2.24) is 5.32 Å². The number of rotatable bonds is 13. The highest BCUT2D eigenvalue weighted by Gasteiger charge is 2.36. The fourth-order valence-electron chi connectivity index (χ4n) is 3.91. The molecule has 194 valence electrons. The van der Waals surface area contributed by atoms with Crippen molar-refractivity contribution in [3.63, 3.8) is 0 Å². The molecule has 0 fully saturated rings.